The van der Waals surface area contributed by atoms with Crippen LogP contribution in [0.2, 0.25) is 6.82 Å². The maximum absolute atomic E-state index is 2.27. The number of rotatable bonds is 3. The molecule has 1 saturated carbocycles. The van der Waals surface area contributed by atoms with Gasteiger partial charge in [0.25, 0.3) is 0 Å². The topological polar surface area (TPSA) is 0 Å². The van der Waals surface area contributed by atoms with Crippen molar-refractivity contribution in [3.63, 3.8) is 0 Å². The third kappa shape index (κ3) is 3.37. The molecule has 1 aliphatic rings. The normalized spacial score (nSPS) is 31.7. The summed E-state index contributed by atoms with van der Waals surface area (Å²) in [6.45, 7) is 3.57. The van der Waals surface area contributed by atoms with E-state index in [1.165, 1.54) is 32.2 Å². The van der Waals surface area contributed by atoms with E-state index in [1.54, 1.807) is 0 Å². The van der Waals surface area contributed by atoms with Crippen LogP contribution < -0.4 is 0 Å². The van der Waals surface area contributed by atoms with Crippen molar-refractivity contribution < 1.29 is 0 Å². The molecule has 0 amide bonds. The largest absolute Gasteiger partial charge is 0.216 e. The van der Waals surface area contributed by atoms with E-state index in [2.05, 4.69) is 37.2 Å². The molecule has 0 spiro atoms. The van der Waals surface area contributed by atoms with Crippen molar-refractivity contribution in [3.8, 4) is 0 Å². The van der Waals surface area contributed by atoms with Crippen LogP contribution in [0.3, 0.4) is 0 Å². The van der Waals surface area contributed by atoms with E-state index < -0.39 is 0 Å². The zero-order valence-electron chi connectivity index (χ0n) is 7.51. The van der Waals surface area contributed by atoms with E-state index in [4.69, 9.17) is 0 Å². The lowest BCUT2D eigenvalue weighted by molar-refractivity contribution is 0.531. The SMILES string of the molecule is BSC1CCC(SBC)CC1. The van der Waals surface area contributed by atoms with E-state index >= 15 is 0 Å². The lowest BCUT2D eigenvalue weighted by Crippen LogP contribution is -2.18. The molecule has 4 heteroatoms. The quantitative estimate of drug-likeness (QED) is 0.615. The lowest BCUT2D eigenvalue weighted by Gasteiger charge is -2.26. The summed E-state index contributed by atoms with van der Waals surface area (Å²) in [5.41, 5.74) is 0. The van der Waals surface area contributed by atoms with Crippen molar-refractivity contribution in [2.45, 2.75) is 43.0 Å². The van der Waals surface area contributed by atoms with Crippen molar-refractivity contribution in [2.75, 3.05) is 0 Å². The van der Waals surface area contributed by atoms with E-state index in [9.17, 15) is 0 Å². The molecule has 0 unspecified atom stereocenters. The summed E-state index contributed by atoms with van der Waals surface area (Å²) in [5.74, 6) is 0. The van der Waals surface area contributed by atoms with Crippen molar-refractivity contribution in [3.05, 3.63) is 0 Å². The summed E-state index contributed by atoms with van der Waals surface area (Å²) in [7, 11) is 2.25. The van der Waals surface area contributed by atoms with Gasteiger partial charge in [-0.1, -0.05) is 6.82 Å². The minimum Gasteiger partial charge on any atom is -0.216 e. The van der Waals surface area contributed by atoms with Crippen LogP contribution in [0.25, 0.3) is 0 Å². The first kappa shape index (κ1) is 9.91. The second-order valence-electron chi connectivity index (χ2n) is 3.09. The Hall–Kier alpha value is 0.830. The summed E-state index contributed by atoms with van der Waals surface area (Å²) in [6.07, 6.45) is 5.84. The fraction of sp³-hybridized carbons (Fsp3) is 1.00. The van der Waals surface area contributed by atoms with Crippen molar-refractivity contribution >= 4 is 36.9 Å². The second kappa shape index (κ2) is 5.47. The fourth-order valence-electron chi connectivity index (χ4n) is 1.67. The molecule has 11 heavy (non-hydrogen) atoms. The average Bonchev–Trinajstić information content (AvgIpc) is 2.07. The van der Waals surface area contributed by atoms with Crippen molar-refractivity contribution in [1.29, 1.82) is 0 Å². The molecule has 62 valence electrons. The molecule has 0 nitrogen and oxygen atoms in total. The highest BCUT2D eigenvalue weighted by atomic mass is 32.2. The molecule has 0 N–H and O–H groups in total. The van der Waals surface area contributed by atoms with Crippen LogP contribution in [-0.2, 0) is 0 Å². The molecule has 1 rings (SSSR count). The van der Waals surface area contributed by atoms with Gasteiger partial charge in [0.05, 0.1) is 0 Å². The molecular formula is C7H16B2S2. The van der Waals surface area contributed by atoms with Gasteiger partial charge < -0.3 is 0 Å². The van der Waals surface area contributed by atoms with Gasteiger partial charge in [-0.2, -0.15) is 0 Å². The van der Waals surface area contributed by atoms with Crippen molar-refractivity contribution in [1.82, 2.24) is 0 Å². The zero-order valence-corrected chi connectivity index (χ0v) is 9.14. The van der Waals surface area contributed by atoms with Crippen LogP contribution in [-0.4, -0.2) is 24.2 Å². The number of hydrogen-bond acceptors (Lipinski definition) is 2. The molecule has 0 aromatic carbocycles. The second-order valence-corrected chi connectivity index (χ2v) is 5.81. The molecule has 1 aliphatic carbocycles. The first-order valence-electron chi connectivity index (χ1n) is 4.51. The maximum Gasteiger partial charge on any atom is 0.188 e. The predicted octanol–water partition coefficient (Wildman–Crippen LogP) is 1.71. The first-order valence-corrected chi connectivity index (χ1v) is 6.85. The summed E-state index contributed by atoms with van der Waals surface area (Å²) >= 11 is 4.21. The predicted molar refractivity (Wildman–Crippen MR) is 62.8 cm³/mol. The summed E-state index contributed by atoms with van der Waals surface area (Å²) in [4.78, 5) is 0. The molecule has 0 bridgehead atoms. The van der Waals surface area contributed by atoms with Crippen LogP contribution in [0, 0.1) is 0 Å². The standard InChI is InChI=1S/C7H16B2S2/c1-9-11-7-4-2-6(10-8)3-5-7/h6-7,9H,2-5,8H2,1H3. The third-order valence-corrected chi connectivity index (χ3v) is 4.77. The van der Waals surface area contributed by atoms with E-state index in [-0.39, 0.29) is 0 Å². The Morgan fingerprint density at radius 1 is 1.18 bits per heavy atom. The Bertz CT molecular complexity index is 103. The molecule has 0 saturated heterocycles. The van der Waals surface area contributed by atoms with Gasteiger partial charge in [0.1, 0.15) is 0 Å². The molecule has 1 fully saturated rings. The Balaban J connectivity index is 2.14. The van der Waals surface area contributed by atoms with E-state index in [0.29, 0.717) is 0 Å². The number of hydrogen-bond donors (Lipinski definition) is 0. The van der Waals surface area contributed by atoms with E-state index in [0.717, 1.165) is 10.5 Å². The van der Waals surface area contributed by atoms with Crippen LogP contribution >= 0.6 is 23.2 Å². The Labute approximate surface area is 80.1 Å². The Morgan fingerprint density at radius 3 is 2.18 bits per heavy atom. The molecule has 0 aliphatic heterocycles. The smallest absolute Gasteiger partial charge is 0.188 e. The van der Waals surface area contributed by atoms with E-state index in [1.807, 2.05) is 0 Å². The Kier molecular flexibility index (Phi) is 4.93. The van der Waals surface area contributed by atoms with Crippen molar-refractivity contribution in [2.24, 2.45) is 0 Å². The van der Waals surface area contributed by atoms with Crippen LogP contribution in [0.5, 0.6) is 0 Å². The lowest BCUT2D eigenvalue weighted by atomic mass is 10.00. The average molecular weight is 186 g/mol. The minimum atomic E-state index is 0.976. The molecule has 0 heterocycles. The molecule has 0 atom stereocenters. The van der Waals surface area contributed by atoms with Gasteiger partial charge >= 0.3 is 0 Å². The van der Waals surface area contributed by atoms with Gasteiger partial charge in [-0.05, 0) is 36.2 Å². The summed E-state index contributed by atoms with van der Waals surface area (Å²) in [6, 6.07) is 0. The highest BCUT2D eigenvalue weighted by Gasteiger charge is 2.19. The highest BCUT2D eigenvalue weighted by Crippen LogP contribution is 2.32. The van der Waals surface area contributed by atoms with Gasteiger partial charge in [0, 0.05) is 0 Å². The van der Waals surface area contributed by atoms with Crippen LogP contribution in [0.1, 0.15) is 25.7 Å². The molecular weight excluding hydrogens is 170 g/mol. The molecule has 0 radical (unpaired) electrons. The fourth-order valence-corrected chi connectivity index (χ4v) is 3.49. The molecule has 0 aromatic heterocycles. The summed E-state index contributed by atoms with van der Waals surface area (Å²) in [5, 5.41) is 1.96. The van der Waals surface area contributed by atoms with Crippen LogP contribution in [0.4, 0.5) is 0 Å². The maximum atomic E-state index is 2.27. The van der Waals surface area contributed by atoms with Crippen LogP contribution in [0.15, 0.2) is 0 Å². The van der Waals surface area contributed by atoms with Gasteiger partial charge in [0.2, 0.25) is 0 Å². The minimum absolute atomic E-state index is 0.976. The van der Waals surface area contributed by atoms with Gasteiger partial charge in [-0.3, -0.25) is 0 Å². The Morgan fingerprint density at radius 2 is 1.73 bits per heavy atom. The summed E-state index contributed by atoms with van der Waals surface area (Å²) < 4.78 is 0. The third-order valence-electron chi connectivity index (χ3n) is 2.36. The monoisotopic (exact) mass is 186 g/mol. The van der Waals surface area contributed by atoms with Gasteiger partial charge in [-0.25, -0.2) is 23.2 Å². The van der Waals surface area contributed by atoms with Gasteiger partial charge in [0.15, 0.2) is 13.7 Å². The molecule has 0 aromatic rings. The first-order chi connectivity index (χ1) is 5.36. The zero-order chi connectivity index (χ0) is 8.10. The van der Waals surface area contributed by atoms with Gasteiger partial charge in [-0.15, -0.1) is 0 Å². The highest BCUT2D eigenvalue weighted by molar-refractivity contribution is 8.22.